The maximum atomic E-state index is 12.4. The molecule has 2 amide bonds. The van der Waals surface area contributed by atoms with Gasteiger partial charge in [-0.15, -0.1) is 0 Å². The Labute approximate surface area is 148 Å². The molecule has 6 nitrogen and oxygen atoms in total. The third-order valence-corrected chi connectivity index (χ3v) is 4.94. The lowest BCUT2D eigenvalue weighted by atomic mass is 9.77. The molecule has 0 radical (unpaired) electrons. The Balaban J connectivity index is 1.67. The number of hydrogen-bond donors (Lipinski definition) is 2. The average Bonchev–Trinajstić information content (AvgIpc) is 2.93. The van der Waals surface area contributed by atoms with E-state index in [9.17, 15) is 4.79 Å². The number of carbonyl (C=O) groups is 1. The molecule has 0 saturated heterocycles. The number of aryl methyl sites for hydroxylation is 1. The molecule has 2 N–H and O–H groups in total. The summed E-state index contributed by atoms with van der Waals surface area (Å²) in [6, 6.07) is 10.1. The normalized spacial score (nSPS) is 16.8. The molecule has 134 valence electrons. The smallest absolute Gasteiger partial charge is 0.320 e. The Kier molecular flexibility index (Phi) is 5.08. The Bertz CT molecular complexity index is 722. The van der Waals surface area contributed by atoms with E-state index >= 15 is 0 Å². The molecule has 1 atom stereocenters. The quantitative estimate of drug-likeness (QED) is 0.844. The van der Waals surface area contributed by atoms with Crippen LogP contribution in [-0.4, -0.2) is 35.1 Å². The largest absolute Gasteiger partial charge is 0.382 e. The third kappa shape index (κ3) is 3.85. The van der Waals surface area contributed by atoms with E-state index in [1.165, 1.54) is 5.56 Å². The molecule has 6 heteroatoms. The highest BCUT2D eigenvalue weighted by atomic mass is 16.5. The molecule has 1 aromatic carbocycles. The molecular weight excluding hydrogens is 316 g/mol. The lowest BCUT2D eigenvalue weighted by Crippen LogP contribution is -2.57. The molecule has 1 aliphatic carbocycles. The van der Waals surface area contributed by atoms with E-state index < -0.39 is 0 Å². The van der Waals surface area contributed by atoms with Crippen LogP contribution >= 0.6 is 0 Å². The fraction of sp³-hybridized carbons (Fsp3) is 0.474. The Morgan fingerprint density at radius 3 is 2.68 bits per heavy atom. The summed E-state index contributed by atoms with van der Waals surface area (Å²) in [6.07, 6.45) is 4.98. The lowest BCUT2D eigenvalue weighted by molar-refractivity contribution is 0.0648. The predicted octanol–water partition coefficient (Wildman–Crippen LogP) is 3.49. The molecule has 0 unspecified atom stereocenters. The van der Waals surface area contributed by atoms with Gasteiger partial charge in [0, 0.05) is 18.9 Å². The van der Waals surface area contributed by atoms with Crippen LogP contribution in [0.2, 0.25) is 0 Å². The lowest BCUT2D eigenvalue weighted by Gasteiger charge is -2.41. The van der Waals surface area contributed by atoms with Crippen molar-refractivity contribution in [1.29, 1.82) is 0 Å². The van der Waals surface area contributed by atoms with Gasteiger partial charge in [0.25, 0.3) is 0 Å². The number of aromatic nitrogens is 2. The van der Waals surface area contributed by atoms with Crippen LogP contribution < -0.4 is 10.6 Å². The first kappa shape index (κ1) is 17.5. The molecule has 2 aromatic rings. The van der Waals surface area contributed by atoms with Gasteiger partial charge >= 0.3 is 6.03 Å². The van der Waals surface area contributed by atoms with Gasteiger partial charge in [0.05, 0.1) is 18.2 Å². The first-order chi connectivity index (χ1) is 12.0. The van der Waals surface area contributed by atoms with Gasteiger partial charge in [-0.2, -0.15) is 5.10 Å². The number of hydrogen-bond acceptors (Lipinski definition) is 3. The van der Waals surface area contributed by atoms with Crippen molar-refractivity contribution in [3.05, 3.63) is 47.7 Å². The summed E-state index contributed by atoms with van der Waals surface area (Å²) in [5.74, 6) is 0.590. The van der Waals surface area contributed by atoms with Gasteiger partial charge in [0.15, 0.2) is 5.82 Å². The van der Waals surface area contributed by atoms with Crippen molar-refractivity contribution in [2.24, 2.45) is 0 Å². The van der Waals surface area contributed by atoms with Gasteiger partial charge in [-0.25, -0.2) is 4.79 Å². The maximum absolute atomic E-state index is 12.4. The van der Waals surface area contributed by atoms with Crippen LogP contribution in [-0.2, 0) is 4.74 Å². The second-order valence-corrected chi connectivity index (χ2v) is 6.87. The summed E-state index contributed by atoms with van der Waals surface area (Å²) < 4.78 is 7.13. The van der Waals surface area contributed by atoms with Crippen LogP contribution in [0.25, 0.3) is 0 Å². The van der Waals surface area contributed by atoms with Crippen LogP contribution in [0.4, 0.5) is 10.6 Å². The second kappa shape index (κ2) is 7.27. The second-order valence-electron chi connectivity index (χ2n) is 6.87. The monoisotopic (exact) mass is 342 g/mol. The molecule has 0 bridgehead atoms. The number of nitrogens with zero attached hydrogens (tertiary/aromatic N) is 2. The predicted molar refractivity (Wildman–Crippen MR) is 97.8 cm³/mol. The minimum Gasteiger partial charge on any atom is -0.382 e. The fourth-order valence-corrected chi connectivity index (χ4v) is 3.25. The third-order valence-electron chi connectivity index (χ3n) is 4.94. The number of methoxy groups -OCH3 is 1. The summed E-state index contributed by atoms with van der Waals surface area (Å²) in [5.41, 5.74) is 1.88. The highest BCUT2D eigenvalue weighted by Gasteiger charge is 2.38. The molecule has 1 aliphatic rings. The molecule has 0 spiro atoms. The zero-order valence-corrected chi connectivity index (χ0v) is 15.1. The highest BCUT2D eigenvalue weighted by molar-refractivity contribution is 5.89. The first-order valence-corrected chi connectivity index (χ1v) is 8.72. The van der Waals surface area contributed by atoms with Crippen LogP contribution in [0, 0.1) is 6.92 Å². The van der Waals surface area contributed by atoms with E-state index in [0.717, 1.165) is 24.8 Å². The number of amides is 2. The molecule has 3 rings (SSSR count). The maximum Gasteiger partial charge on any atom is 0.320 e. The van der Waals surface area contributed by atoms with Gasteiger partial charge in [0.2, 0.25) is 0 Å². The summed E-state index contributed by atoms with van der Waals surface area (Å²) in [4.78, 5) is 12.4. The minimum absolute atomic E-state index is 0.102. The SMILES string of the molecule is COCC1(NC(=O)Nc2nn([C@H](C)c3ccccc3)cc2C)CCC1. The van der Waals surface area contributed by atoms with Crippen molar-refractivity contribution in [1.82, 2.24) is 15.1 Å². The molecule has 1 aromatic heterocycles. The van der Waals surface area contributed by atoms with Gasteiger partial charge in [-0.05, 0) is 38.7 Å². The van der Waals surface area contributed by atoms with E-state index in [4.69, 9.17) is 4.74 Å². The molecule has 1 fully saturated rings. The van der Waals surface area contributed by atoms with Crippen LogP contribution in [0.5, 0.6) is 0 Å². The van der Waals surface area contributed by atoms with Crippen LogP contribution in [0.1, 0.15) is 43.4 Å². The van der Waals surface area contributed by atoms with Gasteiger partial charge in [-0.3, -0.25) is 10.00 Å². The van der Waals surface area contributed by atoms with E-state index in [2.05, 4.69) is 34.8 Å². The first-order valence-electron chi connectivity index (χ1n) is 8.72. The van der Waals surface area contributed by atoms with Crippen molar-refractivity contribution in [3.8, 4) is 0 Å². The van der Waals surface area contributed by atoms with Gasteiger partial charge in [-0.1, -0.05) is 30.3 Å². The highest BCUT2D eigenvalue weighted by Crippen LogP contribution is 2.32. The number of nitrogens with one attached hydrogen (secondary N) is 2. The number of urea groups is 1. The van der Waals surface area contributed by atoms with Crippen molar-refractivity contribution in [2.45, 2.75) is 44.7 Å². The molecule has 0 aliphatic heterocycles. The number of rotatable bonds is 6. The number of ether oxygens (including phenoxy) is 1. The van der Waals surface area contributed by atoms with E-state index in [1.807, 2.05) is 36.0 Å². The summed E-state index contributed by atoms with van der Waals surface area (Å²) in [7, 11) is 1.66. The van der Waals surface area contributed by atoms with E-state index in [1.54, 1.807) is 7.11 Å². The summed E-state index contributed by atoms with van der Waals surface area (Å²) in [6.45, 7) is 4.58. The zero-order valence-electron chi connectivity index (χ0n) is 15.1. The van der Waals surface area contributed by atoms with Crippen LogP contribution in [0.3, 0.4) is 0 Å². The average molecular weight is 342 g/mol. The topological polar surface area (TPSA) is 68.2 Å². The molecule has 25 heavy (non-hydrogen) atoms. The van der Waals surface area contributed by atoms with E-state index in [0.29, 0.717) is 12.4 Å². The van der Waals surface area contributed by atoms with Crippen molar-refractivity contribution in [3.63, 3.8) is 0 Å². The number of carbonyl (C=O) groups excluding carboxylic acids is 1. The Morgan fingerprint density at radius 1 is 1.36 bits per heavy atom. The molecule has 1 saturated carbocycles. The zero-order chi connectivity index (χ0) is 17.9. The van der Waals surface area contributed by atoms with Crippen molar-refractivity contribution >= 4 is 11.8 Å². The standard InChI is InChI=1S/C19H26N4O2/c1-14-12-23(15(2)16-8-5-4-6-9-16)22-17(14)20-18(24)21-19(13-25-3)10-7-11-19/h4-6,8-9,12,15H,7,10-11,13H2,1-3H3,(H2,20,21,22,24)/t15-/m1/s1. The number of benzene rings is 1. The van der Waals surface area contributed by atoms with Gasteiger partial charge in [0.1, 0.15) is 0 Å². The minimum atomic E-state index is -0.230. The fourth-order valence-electron chi connectivity index (χ4n) is 3.25. The summed E-state index contributed by atoms with van der Waals surface area (Å²) in [5, 5.41) is 10.5. The summed E-state index contributed by atoms with van der Waals surface area (Å²) >= 11 is 0. The Morgan fingerprint density at radius 2 is 2.08 bits per heavy atom. The molecule has 1 heterocycles. The van der Waals surface area contributed by atoms with E-state index in [-0.39, 0.29) is 17.6 Å². The number of anilines is 1. The van der Waals surface area contributed by atoms with Crippen molar-refractivity contribution < 1.29 is 9.53 Å². The molecular formula is C19H26N4O2. The Hall–Kier alpha value is -2.34. The van der Waals surface area contributed by atoms with Crippen LogP contribution in [0.15, 0.2) is 36.5 Å². The van der Waals surface area contributed by atoms with Crippen molar-refractivity contribution in [2.75, 3.05) is 19.0 Å². The van der Waals surface area contributed by atoms with Gasteiger partial charge < -0.3 is 10.1 Å².